The highest BCUT2D eigenvalue weighted by Gasteiger charge is 2.39. The zero-order valence-electron chi connectivity index (χ0n) is 7.24. The van der Waals surface area contributed by atoms with Crippen LogP contribution in [0.4, 0.5) is 0 Å². The van der Waals surface area contributed by atoms with E-state index in [0.717, 1.165) is 0 Å². The molecule has 0 amide bonds. The molecule has 0 aromatic carbocycles. The van der Waals surface area contributed by atoms with Crippen molar-refractivity contribution in [1.82, 2.24) is 4.90 Å². The van der Waals surface area contributed by atoms with Gasteiger partial charge in [0.15, 0.2) is 5.78 Å². The second-order valence-electron chi connectivity index (χ2n) is 3.47. The molecule has 0 heterocycles. The van der Waals surface area contributed by atoms with Crippen molar-refractivity contribution in [2.75, 3.05) is 14.1 Å². The van der Waals surface area contributed by atoms with Crippen molar-refractivity contribution in [2.24, 2.45) is 5.92 Å². The Hall–Kier alpha value is -0.410. The number of Topliss-reactive ketones (excluding diaryl/α,β-unsaturated/α-hetero) is 1. The summed E-state index contributed by atoms with van der Waals surface area (Å²) >= 11 is 0. The SMILES string of the molecule is CC1C(=O)C(N(C)C)CC1O. The van der Waals surface area contributed by atoms with Crippen LogP contribution in [0, 0.1) is 5.92 Å². The van der Waals surface area contributed by atoms with Gasteiger partial charge in [-0.05, 0) is 20.5 Å². The van der Waals surface area contributed by atoms with E-state index < -0.39 is 6.10 Å². The fourth-order valence-corrected chi connectivity index (χ4v) is 1.51. The molecule has 11 heavy (non-hydrogen) atoms. The molecule has 0 saturated heterocycles. The zero-order valence-corrected chi connectivity index (χ0v) is 7.24. The van der Waals surface area contributed by atoms with Crippen LogP contribution in [0.1, 0.15) is 13.3 Å². The van der Waals surface area contributed by atoms with E-state index in [1.807, 2.05) is 19.0 Å². The largest absolute Gasteiger partial charge is 0.392 e. The second kappa shape index (κ2) is 2.91. The van der Waals surface area contributed by atoms with Crippen LogP contribution in [0.3, 0.4) is 0 Å². The maximum absolute atomic E-state index is 11.4. The summed E-state index contributed by atoms with van der Waals surface area (Å²) in [4.78, 5) is 13.2. The molecule has 3 nitrogen and oxygen atoms in total. The number of aliphatic hydroxyl groups is 1. The van der Waals surface area contributed by atoms with Crippen LogP contribution >= 0.6 is 0 Å². The minimum absolute atomic E-state index is 0.0694. The molecule has 1 rings (SSSR count). The number of hydrogen-bond acceptors (Lipinski definition) is 3. The predicted molar refractivity (Wildman–Crippen MR) is 42.3 cm³/mol. The summed E-state index contributed by atoms with van der Waals surface area (Å²) in [7, 11) is 3.74. The van der Waals surface area contributed by atoms with Crippen LogP contribution in [0.2, 0.25) is 0 Å². The first-order chi connectivity index (χ1) is 5.04. The average Bonchev–Trinajstić information content (AvgIpc) is 2.17. The lowest BCUT2D eigenvalue weighted by molar-refractivity contribution is -0.124. The summed E-state index contributed by atoms with van der Waals surface area (Å²) in [6.45, 7) is 1.79. The zero-order chi connectivity index (χ0) is 8.59. The maximum atomic E-state index is 11.4. The first-order valence-electron chi connectivity index (χ1n) is 3.92. The van der Waals surface area contributed by atoms with Gasteiger partial charge in [-0.2, -0.15) is 0 Å². The highest BCUT2D eigenvalue weighted by Crippen LogP contribution is 2.24. The van der Waals surface area contributed by atoms with E-state index in [4.69, 9.17) is 0 Å². The van der Waals surface area contributed by atoms with E-state index in [0.29, 0.717) is 6.42 Å². The van der Waals surface area contributed by atoms with Gasteiger partial charge in [0.2, 0.25) is 0 Å². The highest BCUT2D eigenvalue weighted by molar-refractivity contribution is 5.88. The molecular formula is C8H15NO2. The molecule has 3 unspecified atom stereocenters. The summed E-state index contributed by atoms with van der Waals surface area (Å²) in [6.07, 6.45) is 0.155. The van der Waals surface area contributed by atoms with Gasteiger partial charge in [-0.1, -0.05) is 6.92 Å². The Balaban J connectivity index is 2.67. The fourth-order valence-electron chi connectivity index (χ4n) is 1.51. The number of likely N-dealkylation sites (N-methyl/N-ethyl adjacent to an activating group) is 1. The van der Waals surface area contributed by atoms with E-state index in [2.05, 4.69) is 0 Å². The molecule has 1 fully saturated rings. The first-order valence-corrected chi connectivity index (χ1v) is 3.92. The monoisotopic (exact) mass is 157 g/mol. The Morgan fingerprint density at radius 1 is 1.55 bits per heavy atom. The van der Waals surface area contributed by atoms with Crippen molar-refractivity contribution in [3.8, 4) is 0 Å². The molecule has 0 radical (unpaired) electrons. The Bertz CT molecular complexity index is 167. The van der Waals surface area contributed by atoms with Gasteiger partial charge >= 0.3 is 0 Å². The van der Waals surface area contributed by atoms with Gasteiger partial charge < -0.3 is 5.11 Å². The number of aliphatic hydroxyl groups excluding tert-OH is 1. The molecule has 1 saturated carbocycles. The molecule has 0 aromatic rings. The number of ketones is 1. The summed E-state index contributed by atoms with van der Waals surface area (Å²) in [5.74, 6) is -0.00935. The molecule has 0 bridgehead atoms. The number of carbonyl (C=O) groups is 1. The Kier molecular flexibility index (Phi) is 2.30. The van der Waals surface area contributed by atoms with Gasteiger partial charge in [-0.25, -0.2) is 0 Å². The molecular weight excluding hydrogens is 142 g/mol. The third-order valence-electron chi connectivity index (χ3n) is 2.44. The molecule has 3 atom stereocenters. The lowest BCUT2D eigenvalue weighted by Gasteiger charge is -2.16. The Morgan fingerprint density at radius 3 is 2.27 bits per heavy atom. The Labute approximate surface area is 67.0 Å². The van der Waals surface area contributed by atoms with Crippen molar-refractivity contribution >= 4 is 5.78 Å². The number of nitrogens with zero attached hydrogens (tertiary/aromatic N) is 1. The van der Waals surface area contributed by atoms with Crippen molar-refractivity contribution in [2.45, 2.75) is 25.5 Å². The molecule has 64 valence electrons. The third kappa shape index (κ3) is 1.44. The van der Waals surface area contributed by atoms with Crippen LogP contribution in [0.25, 0.3) is 0 Å². The highest BCUT2D eigenvalue weighted by atomic mass is 16.3. The second-order valence-corrected chi connectivity index (χ2v) is 3.47. The van der Waals surface area contributed by atoms with Crippen LogP contribution < -0.4 is 0 Å². The van der Waals surface area contributed by atoms with E-state index in [1.54, 1.807) is 6.92 Å². The van der Waals surface area contributed by atoms with Gasteiger partial charge in [0.05, 0.1) is 12.1 Å². The quantitative estimate of drug-likeness (QED) is 0.577. The number of carbonyl (C=O) groups excluding carboxylic acids is 1. The molecule has 1 aliphatic carbocycles. The van der Waals surface area contributed by atoms with Crippen molar-refractivity contribution in [1.29, 1.82) is 0 Å². The number of hydrogen-bond donors (Lipinski definition) is 1. The lowest BCUT2D eigenvalue weighted by atomic mass is 10.1. The summed E-state index contributed by atoms with van der Waals surface area (Å²) in [6, 6.07) is -0.0694. The third-order valence-corrected chi connectivity index (χ3v) is 2.44. The van der Waals surface area contributed by atoms with E-state index >= 15 is 0 Å². The van der Waals surface area contributed by atoms with Crippen molar-refractivity contribution in [3.63, 3.8) is 0 Å². The van der Waals surface area contributed by atoms with Crippen LogP contribution in [-0.4, -0.2) is 42.0 Å². The van der Waals surface area contributed by atoms with E-state index in [-0.39, 0.29) is 17.7 Å². The molecule has 1 aliphatic rings. The van der Waals surface area contributed by atoms with Crippen LogP contribution in [-0.2, 0) is 4.79 Å². The Morgan fingerprint density at radius 2 is 2.09 bits per heavy atom. The first kappa shape index (κ1) is 8.68. The van der Waals surface area contributed by atoms with Gasteiger partial charge in [-0.15, -0.1) is 0 Å². The summed E-state index contributed by atoms with van der Waals surface area (Å²) in [5.41, 5.74) is 0. The predicted octanol–water partition coefficient (Wildman–Crippen LogP) is -0.114. The van der Waals surface area contributed by atoms with Gasteiger partial charge in [0.1, 0.15) is 0 Å². The van der Waals surface area contributed by atoms with Crippen molar-refractivity contribution in [3.05, 3.63) is 0 Å². The molecule has 0 spiro atoms. The maximum Gasteiger partial charge on any atom is 0.155 e. The molecule has 0 aliphatic heterocycles. The summed E-state index contributed by atoms with van der Waals surface area (Å²) < 4.78 is 0. The molecule has 0 aromatic heterocycles. The minimum Gasteiger partial charge on any atom is -0.392 e. The molecule has 1 N–H and O–H groups in total. The lowest BCUT2D eigenvalue weighted by Crippen LogP contribution is -2.32. The van der Waals surface area contributed by atoms with Crippen LogP contribution in [0.5, 0.6) is 0 Å². The van der Waals surface area contributed by atoms with Gasteiger partial charge in [0, 0.05) is 5.92 Å². The summed E-state index contributed by atoms with van der Waals surface area (Å²) in [5, 5.41) is 9.34. The normalized spacial score (nSPS) is 38.6. The van der Waals surface area contributed by atoms with Gasteiger partial charge in [-0.3, -0.25) is 9.69 Å². The van der Waals surface area contributed by atoms with Gasteiger partial charge in [0.25, 0.3) is 0 Å². The van der Waals surface area contributed by atoms with E-state index in [9.17, 15) is 9.90 Å². The molecule has 3 heteroatoms. The standard InChI is InChI=1S/C8H15NO2/c1-5-7(10)4-6(8(5)11)9(2)3/h5-7,10H,4H2,1-3H3. The van der Waals surface area contributed by atoms with E-state index in [1.165, 1.54) is 0 Å². The average molecular weight is 157 g/mol. The van der Waals surface area contributed by atoms with Crippen LogP contribution in [0.15, 0.2) is 0 Å². The number of rotatable bonds is 1. The van der Waals surface area contributed by atoms with Crippen molar-refractivity contribution < 1.29 is 9.90 Å². The smallest absolute Gasteiger partial charge is 0.155 e. The fraction of sp³-hybridized carbons (Fsp3) is 0.875. The topological polar surface area (TPSA) is 40.5 Å². The minimum atomic E-state index is -0.435.